The van der Waals surface area contributed by atoms with Gasteiger partial charge in [-0.2, -0.15) is 0 Å². The average molecular weight is 491 g/mol. The van der Waals surface area contributed by atoms with E-state index in [4.69, 9.17) is 4.74 Å². The van der Waals surface area contributed by atoms with Crippen LogP contribution < -0.4 is 9.21 Å². The van der Waals surface area contributed by atoms with Crippen LogP contribution in [0, 0.1) is 0 Å². The maximum atomic E-state index is 13.3. The third-order valence-electron chi connectivity index (χ3n) is 6.55. The van der Waals surface area contributed by atoms with Crippen molar-refractivity contribution in [3.8, 4) is 0 Å². The predicted molar refractivity (Wildman–Crippen MR) is 133 cm³/mol. The van der Waals surface area contributed by atoms with Crippen molar-refractivity contribution in [1.82, 2.24) is 0 Å². The summed E-state index contributed by atoms with van der Waals surface area (Å²) in [4.78, 5) is 27.1. The predicted octanol–water partition coefficient (Wildman–Crippen LogP) is 3.96. The van der Waals surface area contributed by atoms with Crippen LogP contribution in [-0.4, -0.2) is 39.5 Å². The molecule has 5 rings (SSSR count). The number of ether oxygens (including phenoxy) is 1. The molecule has 3 aromatic carbocycles. The number of amides is 1. The zero-order valence-corrected chi connectivity index (χ0v) is 20.2. The maximum Gasteiger partial charge on any atom is 0.338 e. The number of hydrogen-bond donors (Lipinski definition) is 0. The van der Waals surface area contributed by atoms with Gasteiger partial charge in [-0.1, -0.05) is 36.4 Å². The van der Waals surface area contributed by atoms with Gasteiger partial charge in [0.1, 0.15) is 0 Å². The molecule has 0 spiro atoms. The molecule has 0 aromatic heterocycles. The summed E-state index contributed by atoms with van der Waals surface area (Å²) in [6.45, 7) is 1.98. The monoisotopic (exact) mass is 490 g/mol. The van der Waals surface area contributed by atoms with Crippen molar-refractivity contribution in [3.05, 3.63) is 89.5 Å². The number of fused-ring (bicyclic) bond motifs is 2. The lowest BCUT2D eigenvalue weighted by atomic mass is 10.0. The zero-order valence-electron chi connectivity index (χ0n) is 19.4. The fourth-order valence-corrected chi connectivity index (χ4v) is 6.41. The topological polar surface area (TPSA) is 84.0 Å². The van der Waals surface area contributed by atoms with E-state index in [1.165, 1.54) is 28.6 Å². The molecule has 0 radical (unpaired) electrons. The number of sulfonamides is 1. The summed E-state index contributed by atoms with van der Waals surface area (Å²) < 4.78 is 33.3. The van der Waals surface area contributed by atoms with Crippen LogP contribution in [0.5, 0.6) is 0 Å². The third-order valence-corrected chi connectivity index (χ3v) is 8.38. The van der Waals surface area contributed by atoms with Gasteiger partial charge < -0.3 is 9.64 Å². The Bertz CT molecular complexity index is 1380. The third kappa shape index (κ3) is 4.30. The Morgan fingerprint density at radius 3 is 2.31 bits per heavy atom. The Morgan fingerprint density at radius 1 is 0.914 bits per heavy atom. The molecular weight excluding hydrogens is 464 g/mol. The normalized spacial score (nSPS) is 17.0. The lowest BCUT2D eigenvalue weighted by molar-refractivity contribution is -0.122. The Kier molecular flexibility index (Phi) is 6.06. The molecule has 180 valence electrons. The van der Waals surface area contributed by atoms with Gasteiger partial charge in [0, 0.05) is 18.3 Å². The van der Waals surface area contributed by atoms with Crippen LogP contribution in [0.15, 0.2) is 77.7 Å². The van der Waals surface area contributed by atoms with Crippen LogP contribution in [0.25, 0.3) is 0 Å². The highest BCUT2D eigenvalue weighted by molar-refractivity contribution is 7.92. The number of carbonyl (C=O) groups is 2. The van der Waals surface area contributed by atoms with E-state index in [0.717, 1.165) is 36.1 Å². The van der Waals surface area contributed by atoms with E-state index in [2.05, 4.69) is 0 Å². The Balaban J connectivity index is 1.26. The summed E-state index contributed by atoms with van der Waals surface area (Å²) >= 11 is 0. The first kappa shape index (κ1) is 23.1. The highest BCUT2D eigenvalue weighted by Gasteiger charge is 2.31. The van der Waals surface area contributed by atoms with Crippen molar-refractivity contribution < 1.29 is 22.7 Å². The van der Waals surface area contributed by atoms with Gasteiger partial charge in [-0.15, -0.1) is 0 Å². The van der Waals surface area contributed by atoms with E-state index in [1.54, 1.807) is 4.90 Å². The number of anilines is 2. The van der Waals surface area contributed by atoms with Crippen LogP contribution in [0.4, 0.5) is 11.4 Å². The molecule has 2 aliphatic heterocycles. The van der Waals surface area contributed by atoms with Gasteiger partial charge in [0.2, 0.25) is 0 Å². The van der Waals surface area contributed by atoms with Gasteiger partial charge in [0.15, 0.2) is 6.61 Å². The second-order valence-electron chi connectivity index (χ2n) is 8.86. The first-order valence-electron chi connectivity index (χ1n) is 11.6. The molecule has 2 aliphatic rings. The minimum Gasteiger partial charge on any atom is -0.452 e. The summed E-state index contributed by atoms with van der Waals surface area (Å²) in [6.07, 6.45) is 2.34. The van der Waals surface area contributed by atoms with Gasteiger partial charge in [-0.25, -0.2) is 13.2 Å². The van der Waals surface area contributed by atoms with Crippen LogP contribution in [0.1, 0.15) is 34.8 Å². The summed E-state index contributed by atoms with van der Waals surface area (Å²) in [6, 6.07) is 20.8. The fourth-order valence-electron chi connectivity index (χ4n) is 4.86. The van der Waals surface area contributed by atoms with E-state index in [-0.39, 0.29) is 29.0 Å². The minimum atomic E-state index is -3.77. The number of aryl methyl sites for hydroxylation is 1. The number of benzene rings is 3. The molecule has 0 saturated carbocycles. The lowest BCUT2D eigenvalue weighted by Gasteiger charge is -2.30. The van der Waals surface area contributed by atoms with E-state index in [9.17, 15) is 18.0 Å². The van der Waals surface area contributed by atoms with E-state index >= 15 is 0 Å². The number of para-hydroxylation sites is 2. The quantitative estimate of drug-likeness (QED) is 0.506. The molecule has 0 saturated heterocycles. The van der Waals surface area contributed by atoms with Gasteiger partial charge in [0.25, 0.3) is 15.9 Å². The Hall–Kier alpha value is -3.65. The number of hydrogen-bond acceptors (Lipinski definition) is 5. The molecule has 0 unspecified atom stereocenters. The van der Waals surface area contributed by atoms with Crippen molar-refractivity contribution in [2.45, 2.75) is 37.1 Å². The van der Waals surface area contributed by atoms with Crippen LogP contribution >= 0.6 is 0 Å². The molecule has 0 bridgehead atoms. The number of esters is 1. The molecule has 1 amide bonds. The van der Waals surface area contributed by atoms with Crippen LogP contribution in [-0.2, 0) is 32.4 Å². The highest BCUT2D eigenvalue weighted by Crippen LogP contribution is 2.33. The second kappa shape index (κ2) is 9.19. The summed E-state index contributed by atoms with van der Waals surface area (Å²) in [5, 5.41) is 0. The molecule has 1 atom stereocenters. The van der Waals surface area contributed by atoms with Gasteiger partial charge >= 0.3 is 5.97 Å². The SMILES string of the molecule is C[C@@H]1Cc2ccccc2N1C(=O)COC(=O)c1ccc(S(=O)(=O)N2CCCc3ccccc32)cc1. The lowest BCUT2D eigenvalue weighted by Crippen LogP contribution is -2.38. The van der Waals surface area contributed by atoms with Crippen molar-refractivity contribution in [3.63, 3.8) is 0 Å². The van der Waals surface area contributed by atoms with E-state index < -0.39 is 16.0 Å². The average Bonchev–Trinajstić information content (AvgIpc) is 3.22. The highest BCUT2D eigenvalue weighted by atomic mass is 32.2. The molecular formula is C27H26N2O5S. The Labute approximate surface area is 205 Å². The second-order valence-corrected chi connectivity index (χ2v) is 10.7. The number of rotatable bonds is 5. The summed E-state index contributed by atoms with van der Waals surface area (Å²) in [5.74, 6) is -0.968. The molecule has 0 fully saturated rings. The first-order chi connectivity index (χ1) is 16.9. The van der Waals surface area contributed by atoms with Crippen molar-refractivity contribution >= 4 is 33.3 Å². The van der Waals surface area contributed by atoms with E-state index in [1.807, 2.05) is 55.5 Å². The molecule has 3 aromatic rings. The first-order valence-corrected chi connectivity index (χ1v) is 13.1. The van der Waals surface area contributed by atoms with Gasteiger partial charge in [-0.05, 0) is 73.7 Å². The van der Waals surface area contributed by atoms with Gasteiger partial charge in [-0.3, -0.25) is 9.10 Å². The fraction of sp³-hybridized carbons (Fsp3) is 0.259. The number of carbonyl (C=O) groups excluding carboxylic acids is 2. The molecule has 7 nitrogen and oxygen atoms in total. The molecule has 0 aliphatic carbocycles. The van der Waals surface area contributed by atoms with Crippen molar-refractivity contribution in [1.29, 1.82) is 0 Å². The number of nitrogens with zero attached hydrogens (tertiary/aromatic N) is 2. The largest absolute Gasteiger partial charge is 0.452 e. The molecule has 0 N–H and O–H groups in total. The summed E-state index contributed by atoms with van der Waals surface area (Å²) in [5.41, 5.74) is 3.81. The smallest absolute Gasteiger partial charge is 0.338 e. The molecule has 35 heavy (non-hydrogen) atoms. The summed E-state index contributed by atoms with van der Waals surface area (Å²) in [7, 11) is -3.77. The van der Waals surface area contributed by atoms with Crippen LogP contribution in [0.2, 0.25) is 0 Å². The standard InChI is InChI=1S/C27H26N2O5S/c1-19-17-22-8-3-5-11-25(22)29(19)26(30)18-34-27(31)21-12-14-23(15-13-21)35(32,33)28-16-6-9-20-7-2-4-10-24(20)28/h2-5,7-8,10-15,19H,6,9,16-18H2,1H3/t19-/m1/s1. The molecule has 8 heteroatoms. The zero-order chi connectivity index (χ0) is 24.6. The maximum absolute atomic E-state index is 13.3. The van der Waals surface area contributed by atoms with E-state index in [0.29, 0.717) is 12.2 Å². The Morgan fingerprint density at radius 2 is 1.57 bits per heavy atom. The van der Waals surface area contributed by atoms with Crippen molar-refractivity contribution in [2.24, 2.45) is 0 Å². The minimum absolute atomic E-state index is 0.0111. The molecule has 2 heterocycles. The van der Waals surface area contributed by atoms with Gasteiger partial charge in [0.05, 0.1) is 16.1 Å². The van der Waals surface area contributed by atoms with Crippen LogP contribution in [0.3, 0.4) is 0 Å². The van der Waals surface area contributed by atoms with Crippen molar-refractivity contribution in [2.75, 3.05) is 22.4 Å².